The summed E-state index contributed by atoms with van der Waals surface area (Å²) in [5.41, 5.74) is 4.82. The van der Waals surface area contributed by atoms with Crippen molar-refractivity contribution in [3.63, 3.8) is 0 Å². The van der Waals surface area contributed by atoms with Crippen molar-refractivity contribution in [3.05, 3.63) is 114 Å². The molecule has 0 atom stereocenters. The standard InChI is InChI=1S/C26H23N3O2/c30-26(31-20-21-11-4-1-5-12-21)27-18-10-15-23-19-29(24-16-8-3-9-17-24)28-25(23)22-13-6-2-7-14-22/h1-17,19H,18,20H2,(H,27,30). The Hall–Kier alpha value is -4.12. The normalized spacial score (nSPS) is 10.8. The minimum Gasteiger partial charge on any atom is -0.445 e. The highest BCUT2D eigenvalue weighted by Crippen LogP contribution is 2.24. The lowest BCUT2D eigenvalue weighted by Gasteiger charge is -2.05. The second kappa shape index (κ2) is 10.1. The molecule has 0 saturated carbocycles. The van der Waals surface area contributed by atoms with Crippen LogP contribution >= 0.6 is 0 Å². The van der Waals surface area contributed by atoms with Gasteiger partial charge in [0.15, 0.2) is 0 Å². The van der Waals surface area contributed by atoms with E-state index in [1.807, 2.05) is 114 Å². The summed E-state index contributed by atoms with van der Waals surface area (Å²) in [5, 5.41) is 7.53. The highest BCUT2D eigenvalue weighted by molar-refractivity contribution is 5.72. The Morgan fingerprint density at radius 2 is 1.55 bits per heavy atom. The number of ether oxygens (including phenoxy) is 1. The molecule has 1 heterocycles. The summed E-state index contributed by atoms with van der Waals surface area (Å²) in [7, 11) is 0. The van der Waals surface area contributed by atoms with Gasteiger partial charge in [-0.3, -0.25) is 0 Å². The zero-order valence-electron chi connectivity index (χ0n) is 17.0. The van der Waals surface area contributed by atoms with Crippen molar-refractivity contribution in [3.8, 4) is 16.9 Å². The van der Waals surface area contributed by atoms with Gasteiger partial charge in [-0.15, -0.1) is 0 Å². The fourth-order valence-corrected chi connectivity index (χ4v) is 3.14. The molecular weight excluding hydrogens is 386 g/mol. The first-order valence-electron chi connectivity index (χ1n) is 10.1. The second-order valence-corrected chi connectivity index (χ2v) is 6.92. The lowest BCUT2D eigenvalue weighted by molar-refractivity contribution is 0.141. The minimum atomic E-state index is -0.447. The Kier molecular flexibility index (Phi) is 6.55. The lowest BCUT2D eigenvalue weighted by atomic mass is 10.1. The molecule has 5 heteroatoms. The van der Waals surface area contributed by atoms with Gasteiger partial charge in [-0.2, -0.15) is 5.10 Å². The number of aromatic nitrogens is 2. The van der Waals surface area contributed by atoms with Gasteiger partial charge >= 0.3 is 6.09 Å². The average molecular weight is 409 g/mol. The Labute approximate surface area is 181 Å². The molecule has 0 radical (unpaired) electrons. The highest BCUT2D eigenvalue weighted by Gasteiger charge is 2.10. The van der Waals surface area contributed by atoms with E-state index < -0.39 is 6.09 Å². The molecule has 0 aliphatic rings. The fraction of sp³-hybridized carbons (Fsp3) is 0.0769. The summed E-state index contributed by atoms with van der Waals surface area (Å²) in [6.45, 7) is 0.608. The van der Waals surface area contributed by atoms with Crippen LogP contribution in [0.25, 0.3) is 23.0 Å². The van der Waals surface area contributed by atoms with Crippen LogP contribution in [0.5, 0.6) is 0 Å². The maximum absolute atomic E-state index is 11.9. The van der Waals surface area contributed by atoms with Crippen molar-refractivity contribution >= 4 is 12.2 Å². The van der Waals surface area contributed by atoms with E-state index in [2.05, 4.69) is 5.32 Å². The molecule has 154 valence electrons. The van der Waals surface area contributed by atoms with Crippen LogP contribution < -0.4 is 5.32 Å². The molecule has 0 aliphatic heterocycles. The Morgan fingerprint density at radius 3 is 2.26 bits per heavy atom. The molecule has 0 unspecified atom stereocenters. The van der Waals surface area contributed by atoms with Crippen molar-refractivity contribution in [1.29, 1.82) is 0 Å². The monoisotopic (exact) mass is 409 g/mol. The van der Waals surface area contributed by atoms with Crippen molar-refractivity contribution in [2.24, 2.45) is 0 Å². The van der Waals surface area contributed by atoms with E-state index in [-0.39, 0.29) is 6.61 Å². The van der Waals surface area contributed by atoms with Crippen LogP contribution in [0.3, 0.4) is 0 Å². The molecule has 1 N–H and O–H groups in total. The first-order chi connectivity index (χ1) is 15.3. The smallest absolute Gasteiger partial charge is 0.407 e. The molecule has 0 aliphatic carbocycles. The summed E-state index contributed by atoms with van der Waals surface area (Å²) < 4.78 is 7.10. The van der Waals surface area contributed by atoms with Crippen molar-refractivity contribution in [2.45, 2.75) is 6.61 Å². The number of para-hydroxylation sites is 1. The molecule has 31 heavy (non-hydrogen) atoms. The first-order valence-corrected chi connectivity index (χ1v) is 10.1. The number of nitrogens with one attached hydrogen (secondary N) is 1. The number of nitrogens with zero attached hydrogens (tertiary/aromatic N) is 2. The third-order valence-corrected chi connectivity index (χ3v) is 4.68. The molecule has 0 spiro atoms. The maximum atomic E-state index is 11.9. The molecule has 3 aromatic carbocycles. The minimum absolute atomic E-state index is 0.248. The summed E-state index contributed by atoms with van der Waals surface area (Å²) in [6, 6.07) is 29.6. The largest absolute Gasteiger partial charge is 0.445 e. The van der Waals surface area contributed by atoms with Gasteiger partial charge in [0, 0.05) is 23.9 Å². The summed E-state index contributed by atoms with van der Waals surface area (Å²) in [6.07, 6.45) is 5.40. The number of hydrogen-bond acceptors (Lipinski definition) is 3. The molecule has 1 aromatic heterocycles. The van der Waals surface area contributed by atoms with Gasteiger partial charge in [-0.25, -0.2) is 9.48 Å². The predicted molar refractivity (Wildman–Crippen MR) is 123 cm³/mol. The van der Waals surface area contributed by atoms with Crippen LogP contribution in [-0.4, -0.2) is 22.4 Å². The zero-order valence-corrected chi connectivity index (χ0v) is 17.0. The van der Waals surface area contributed by atoms with Crippen LogP contribution in [-0.2, 0) is 11.3 Å². The van der Waals surface area contributed by atoms with Gasteiger partial charge in [0.2, 0.25) is 0 Å². The third-order valence-electron chi connectivity index (χ3n) is 4.68. The number of amides is 1. The molecule has 0 fully saturated rings. The van der Waals surface area contributed by atoms with Gasteiger partial charge in [0.05, 0.1) is 11.4 Å². The summed E-state index contributed by atoms with van der Waals surface area (Å²) >= 11 is 0. The Morgan fingerprint density at radius 1 is 0.903 bits per heavy atom. The van der Waals surface area contributed by atoms with Crippen LogP contribution in [0.15, 0.2) is 103 Å². The van der Waals surface area contributed by atoms with E-state index in [4.69, 9.17) is 9.84 Å². The molecule has 1 amide bonds. The van der Waals surface area contributed by atoms with Crippen molar-refractivity contribution in [1.82, 2.24) is 15.1 Å². The van der Waals surface area contributed by atoms with Crippen molar-refractivity contribution in [2.75, 3.05) is 6.54 Å². The van der Waals surface area contributed by atoms with Gasteiger partial charge < -0.3 is 10.1 Å². The maximum Gasteiger partial charge on any atom is 0.407 e. The topological polar surface area (TPSA) is 56.2 Å². The molecule has 0 bridgehead atoms. The van der Waals surface area contributed by atoms with Gasteiger partial charge in [0.1, 0.15) is 6.61 Å². The third kappa shape index (κ3) is 5.48. The van der Waals surface area contributed by atoms with Crippen LogP contribution in [0.2, 0.25) is 0 Å². The summed E-state index contributed by atoms with van der Waals surface area (Å²) in [4.78, 5) is 11.9. The first kappa shape index (κ1) is 20.2. The fourth-order valence-electron chi connectivity index (χ4n) is 3.14. The zero-order chi connectivity index (χ0) is 21.3. The van der Waals surface area contributed by atoms with Crippen LogP contribution in [0.1, 0.15) is 11.1 Å². The molecule has 0 saturated heterocycles. The van der Waals surface area contributed by atoms with E-state index in [1.165, 1.54) is 0 Å². The van der Waals surface area contributed by atoms with Gasteiger partial charge in [-0.05, 0) is 17.7 Å². The van der Waals surface area contributed by atoms with Gasteiger partial charge in [0.25, 0.3) is 0 Å². The highest BCUT2D eigenvalue weighted by atomic mass is 16.5. The number of benzene rings is 3. The predicted octanol–water partition coefficient (Wildman–Crippen LogP) is 5.48. The van der Waals surface area contributed by atoms with E-state index in [9.17, 15) is 4.79 Å². The molecule has 4 rings (SSSR count). The molecular formula is C26H23N3O2. The van der Waals surface area contributed by atoms with Gasteiger partial charge in [-0.1, -0.05) is 91.0 Å². The second-order valence-electron chi connectivity index (χ2n) is 6.92. The van der Waals surface area contributed by atoms with E-state index in [0.717, 1.165) is 28.1 Å². The number of carbonyl (C=O) groups excluding carboxylic acids is 1. The Bertz CT molecular complexity index is 1140. The number of hydrogen-bond donors (Lipinski definition) is 1. The van der Waals surface area contributed by atoms with Crippen molar-refractivity contribution < 1.29 is 9.53 Å². The number of rotatable bonds is 7. The quantitative estimate of drug-likeness (QED) is 0.440. The number of carbonyl (C=O) groups is 1. The van der Waals surface area contributed by atoms with E-state index in [1.54, 1.807) is 0 Å². The Balaban J connectivity index is 1.42. The van der Waals surface area contributed by atoms with E-state index >= 15 is 0 Å². The van der Waals surface area contributed by atoms with Crippen LogP contribution in [0, 0.1) is 0 Å². The van der Waals surface area contributed by atoms with E-state index in [0.29, 0.717) is 6.54 Å². The average Bonchev–Trinajstić information content (AvgIpc) is 3.26. The molecule has 5 nitrogen and oxygen atoms in total. The lowest BCUT2D eigenvalue weighted by Crippen LogP contribution is -2.24. The van der Waals surface area contributed by atoms with Crippen LogP contribution in [0.4, 0.5) is 4.79 Å². The number of alkyl carbamates (subject to hydrolysis) is 1. The summed E-state index contributed by atoms with van der Waals surface area (Å²) in [5.74, 6) is 0. The molecule has 4 aromatic rings. The SMILES string of the molecule is O=C(NCC=Cc1cn(-c2ccccc2)nc1-c1ccccc1)OCc1ccccc1.